The molecule has 1 amide bonds. The maximum Gasteiger partial charge on any atom is 0.247 e. The van der Waals surface area contributed by atoms with Gasteiger partial charge in [-0.25, -0.2) is 9.97 Å². The van der Waals surface area contributed by atoms with Gasteiger partial charge in [0.25, 0.3) is 0 Å². The standard InChI is InChI=1S/C23H20N4OS/c28-22(12-9-17-7-10-18(11-8-17)26-15-13-24-16-26)27-14-3-5-20(27)23-25-19-4-1-2-6-21(19)29-23/h1-2,4,6-13,15-16,20H,3,5,14H2. The second-order valence-electron chi connectivity index (χ2n) is 7.10. The monoisotopic (exact) mass is 400 g/mol. The normalized spacial score (nSPS) is 16.8. The van der Waals surface area contributed by atoms with Crippen LogP contribution in [0.15, 0.2) is 73.3 Å². The van der Waals surface area contributed by atoms with E-state index < -0.39 is 0 Å². The summed E-state index contributed by atoms with van der Waals surface area (Å²) >= 11 is 1.69. The van der Waals surface area contributed by atoms with E-state index in [1.807, 2.05) is 64.2 Å². The van der Waals surface area contributed by atoms with E-state index in [9.17, 15) is 4.79 Å². The minimum absolute atomic E-state index is 0.0467. The van der Waals surface area contributed by atoms with Crippen LogP contribution in [0.4, 0.5) is 0 Å². The van der Waals surface area contributed by atoms with Crippen molar-refractivity contribution in [2.24, 2.45) is 0 Å². The Morgan fingerprint density at radius 3 is 2.79 bits per heavy atom. The minimum Gasteiger partial charge on any atom is -0.330 e. The summed E-state index contributed by atoms with van der Waals surface area (Å²) in [5.74, 6) is 0.0467. The van der Waals surface area contributed by atoms with Gasteiger partial charge in [0.1, 0.15) is 5.01 Å². The highest BCUT2D eigenvalue weighted by Crippen LogP contribution is 2.36. The molecule has 3 heterocycles. The lowest BCUT2D eigenvalue weighted by Gasteiger charge is -2.21. The fourth-order valence-electron chi connectivity index (χ4n) is 3.75. The Bertz CT molecular complexity index is 1130. The Morgan fingerprint density at radius 2 is 2.00 bits per heavy atom. The molecular formula is C23H20N4OS. The zero-order chi connectivity index (χ0) is 19.6. The van der Waals surface area contributed by atoms with E-state index in [4.69, 9.17) is 4.98 Å². The molecule has 0 N–H and O–H groups in total. The van der Waals surface area contributed by atoms with Gasteiger partial charge in [0.2, 0.25) is 5.91 Å². The summed E-state index contributed by atoms with van der Waals surface area (Å²) in [5, 5.41) is 1.04. The highest BCUT2D eigenvalue weighted by Gasteiger charge is 2.31. The third kappa shape index (κ3) is 3.59. The van der Waals surface area contributed by atoms with Gasteiger partial charge in [0, 0.05) is 30.7 Å². The Hall–Kier alpha value is -3.25. The number of likely N-dealkylation sites (tertiary alicyclic amines) is 1. The van der Waals surface area contributed by atoms with E-state index in [2.05, 4.69) is 11.1 Å². The van der Waals surface area contributed by atoms with Crippen molar-refractivity contribution in [2.45, 2.75) is 18.9 Å². The highest BCUT2D eigenvalue weighted by molar-refractivity contribution is 7.18. The highest BCUT2D eigenvalue weighted by atomic mass is 32.1. The molecule has 144 valence electrons. The number of hydrogen-bond donors (Lipinski definition) is 0. The number of benzene rings is 2. The minimum atomic E-state index is 0.0467. The van der Waals surface area contributed by atoms with Gasteiger partial charge in [-0.05, 0) is 48.7 Å². The fraction of sp³-hybridized carbons (Fsp3) is 0.174. The van der Waals surface area contributed by atoms with E-state index in [0.717, 1.165) is 41.2 Å². The van der Waals surface area contributed by atoms with Crippen LogP contribution < -0.4 is 0 Å². The van der Waals surface area contributed by atoms with Crippen molar-refractivity contribution < 1.29 is 4.79 Å². The van der Waals surface area contributed by atoms with E-state index in [1.54, 1.807) is 29.9 Å². The summed E-state index contributed by atoms with van der Waals surface area (Å²) in [7, 11) is 0. The fourth-order valence-corrected chi connectivity index (χ4v) is 4.87. The number of aromatic nitrogens is 3. The third-order valence-electron chi connectivity index (χ3n) is 5.25. The Labute approximate surface area is 173 Å². The molecule has 2 aromatic heterocycles. The Balaban J connectivity index is 1.31. The van der Waals surface area contributed by atoms with Gasteiger partial charge in [0.15, 0.2) is 0 Å². The first kappa shape index (κ1) is 17.8. The van der Waals surface area contributed by atoms with Gasteiger partial charge in [-0.3, -0.25) is 4.79 Å². The van der Waals surface area contributed by atoms with Crippen molar-refractivity contribution in [2.75, 3.05) is 6.54 Å². The van der Waals surface area contributed by atoms with Crippen LogP contribution in [0.25, 0.3) is 22.0 Å². The first-order valence-electron chi connectivity index (χ1n) is 9.70. The summed E-state index contributed by atoms with van der Waals surface area (Å²) < 4.78 is 3.13. The summed E-state index contributed by atoms with van der Waals surface area (Å²) in [6, 6.07) is 16.3. The van der Waals surface area contributed by atoms with Gasteiger partial charge >= 0.3 is 0 Å². The number of carbonyl (C=O) groups is 1. The average molecular weight is 401 g/mol. The maximum atomic E-state index is 12.9. The van der Waals surface area contributed by atoms with Crippen LogP contribution in [0, 0.1) is 0 Å². The molecule has 0 bridgehead atoms. The quantitative estimate of drug-likeness (QED) is 0.460. The van der Waals surface area contributed by atoms with Gasteiger partial charge in [-0.2, -0.15) is 0 Å². The number of nitrogens with zero attached hydrogens (tertiary/aromatic N) is 4. The molecule has 1 aliphatic heterocycles. The van der Waals surface area contributed by atoms with E-state index >= 15 is 0 Å². The molecule has 0 radical (unpaired) electrons. The van der Waals surface area contributed by atoms with Crippen LogP contribution in [0.2, 0.25) is 0 Å². The predicted molar refractivity (Wildman–Crippen MR) is 116 cm³/mol. The maximum absolute atomic E-state index is 12.9. The van der Waals surface area contributed by atoms with Crippen molar-refractivity contribution in [3.63, 3.8) is 0 Å². The lowest BCUT2D eigenvalue weighted by molar-refractivity contribution is -0.126. The number of rotatable bonds is 4. The van der Waals surface area contributed by atoms with Crippen LogP contribution in [-0.2, 0) is 4.79 Å². The van der Waals surface area contributed by atoms with Crippen LogP contribution in [0.3, 0.4) is 0 Å². The summed E-state index contributed by atoms with van der Waals surface area (Å²) in [5.41, 5.74) is 3.06. The molecule has 0 aliphatic carbocycles. The van der Waals surface area contributed by atoms with Crippen molar-refractivity contribution in [3.8, 4) is 5.69 Å². The second kappa shape index (κ2) is 7.64. The Kier molecular flexibility index (Phi) is 4.69. The van der Waals surface area contributed by atoms with E-state index in [1.165, 1.54) is 4.70 Å². The van der Waals surface area contributed by atoms with E-state index in [0.29, 0.717) is 0 Å². The lowest BCUT2D eigenvalue weighted by atomic mass is 10.2. The number of amides is 1. The molecule has 6 heteroatoms. The molecule has 4 aromatic rings. The number of fused-ring (bicyclic) bond motifs is 1. The van der Waals surface area contributed by atoms with Crippen LogP contribution in [0.1, 0.15) is 29.5 Å². The molecule has 5 nitrogen and oxygen atoms in total. The molecular weight excluding hydrogens is 380 g/mol. The average Bonchev–Trinajstić information content (AvgIpc) is 3.52. The summed E-state index contributed by atoms with van der Waals surface area (Å²) in [6.07, 6.45) is 11.0. The van der Waals surface area contributed by atoms with Gasteiger partial charge in [0.05, 0.1) is 22.6 Å². The van der Waals surface area contributed by atoms with E-state index in [-0.39, 0.29) is 11.9 Å². The van der Waals surface area contributed by atoms with Gasteiger partial charge < -0.3 is 9.47 Å². The number of carbonyl (C=O) groups excluding carboxylic acids is 1. The molecule has 0 spiro atoms. The number of hydrogen-bond acceptors (Lipinski definition) is 4. The van der Waals surface area contributed by atoms with Crippen LogP contribution in [-0.4, -0.2) is 31.9 Å². The molecule has 1 saturated heterocycles. The van der Waals surface area contributed by atoms with Crippen molar-refractivity contribution >= 4 is 33.5 Å². The molecule has 1 atom stereocenters. The summed E-state index contributed by atoms with van der Waals surface area (Å²) in [4.78, 5) is 23.7. The molecule has 2 aromatic carbocycles. The molecule has 5 rings (SSSR count). The molecule has 1 unspecified atom stereocenters. The molecule has 1 aliphatic rings. The smallest absolute Gasteiger partial charge is 0.247 e. The Morgan fingerprint density at radius 1 is 1.14 bits per heavy atom. The lowest BCUT2D eigenvalue weighted by Crippen LogP contribution is -2.28. The number of imidazole rings is 1. The van der Waals surface area contributed by atoms with Crippen molar-refractivity contribution in [1.29, 1.82) is 0 Å². The number of thiazole rings is 1. The molecule has 1 fully saturated rings. The number of para-hydroxylation sites is 1. The predicted octanol–water partition coefficient (Wildman–Crippen LogP) is 4.86. The first-order chi connectivity index (χ1) is 14.3. The second-order valence-corrected chi connectivity index (χ2v) is 8.17. The largest absolute Gasteiger partial charge is 0.330 e. The molecule has 29 heavy (non-hydrogen) atoms. The topological polar surface area (TPSA) is 51.0 Å². The van der Waals surface area contributed by atoms with Crippen molar-refractivity contribution in [3.05, 3.63) is 83.9 Å². The summed E-state index contributed by atoms with van der Waals surface area (Å²) in [6.45, 7) is 0.781. The zero-order valence-electron chi connectivity index (χ0n) is 15.8. The van der Waals surface area contributed by atoms with Crippen LogP contribution >= 0.6 is 11.3 Å². The van der Waals surface area contributed by atoms with Gasteiger partial charge in [-0.1, -0.05) is 24.3 Å². The first-order valence-corrected chi connectivity index (χ1v) is 10.5. The molecule has 0 saturated carbocycles. The zero-order valence-corrected chi connectivity index (χ0v) is 16.6. The van der Waals surface area contributed by atoms with Crippen LogP contribution in [0.5, 0.6) is 0 Å². The third-order valence-corrected chi connectivity index (χ3v) is 6.38. The SMILES string of the molecule is O=C(C=Cc1ccc(-n2ccnc2)cc1)N1CCCC1c1nc2ccccc2s1. The van der Waals surface area contributed by atoms with Gasteiger partial charge in [-0.15, -0.1) is 11.3 Å². The van der Waals surface area contributed by atoms with Crippen molar-refractivity contribution in [1.82, 2.24) is 19.4 Å².